The zero-order chi connectivity index (χ0) is 17.4. The maximum Gasteiger partial charge on any atom is 0.254 e. The maximum atomic E-state index is 12.6. The lowest BCUT2D eigenvalue weighted by Crippen LogP contribution is -2.28. The standard InChI is InChI=1S/C20H18BrN3O/c1-13-11-14(7-8-15(13)20(25)24-9-2-3-10-24)18-12-22-17-6-4-5-16(21)19(17)23-18/h4-8,11-12H,2-3,9-10H2,1H3. The third-order valence-corrected chi connectivity index (χ3v) is 5.31. The van der Waals surface area contributed by atoms with Gasteiger partial charge in [0.2, 0.25) is 0 Å². The third kappa shape index (κ3) is 3.04. The van der Waals surface area contributed by atoms with Crippen LogP contribution in [0.5, 0.6) is 0 Å². The molecule has 0 bridgehead atoms. The van der Waals surface area contributed by atoms with Crippen LogP contribution >= 0.6 is 15.9 Å². The molecule has 5 heteroatoms. The third-order valence-electron chi connectivity index (χ3n) is 4.67. The van der Waals surface area contributed by atoms with Gasteiger partial charge in [-0.15, -0.1) is 0 Å². The van der Waals surface area contributed by atoms with Gasteiger partial charge in [0.25, 0.3) is 5.91 Å². The number of fused-ring (bicyclic) bond motifs is 1. The summed E-state index contributed by atoms with van der Waals surface area (Å²) in [7, 11) is 0. The van der Waals surface area contributed by atoms with E-state index in [1.807, 2.05) is 48.2 Å². The van der Waals surface area contributed by atoms with E-state index in [1.54, 1.807) is 6.20 Å². The Balaban J connectivity index is 1.71. The summed E-state index contributed by atoms with van der Waals surface area (Å²) in [5.74, 6) is 0.133. The van der Waals surface area contributed by atoms with Crippen molar-refractivity contribution in [3.8, 4) is 11.3 Å². The average Bonchev–Trinajstić information content (AvgIpc) is 3.16. The fourth-order valence-corrected chi connectivity index (χ4v) is 3.74. The van der Waals surface area contributed by atoms with Crippen LogP contribution < -0.4 is 0 Å². The van der Waals surface area contributed by atoms with Crippen LogP contribution in [0.25, 0.3) is 22.3 Å². The Morgan fingerprint density at radius 2 is 1.96 bits per heavy atom. The monoisotopic (exact) mass is 395 g/mol. The molecule has 1 amide bonds. The second-order valence-corrected chi connectivity index (χ2v) is 7.25. The van der Waals surface area contributed by atoms with E-state index in [0.29, 0.717) is 0 Å². The topological polar surface area (TPSA) is 46.1 Å². The number of likely N-dealkylation sites (tertiary alicyclic amines) is 1. The summed E-state index contributed by atoms with van der Waals surface area (Å²) in [5.41, 5.74) is 5.23. The van der Waals surface area contributed by atoms with Crippen LogP contribution in [0.3, 0.4) is 0 Å². The minimum absolute atomic E-state index is 0.133. The van der Waals surface area contributed by atoms with Crippen molar-refractivity contribution in [3.05, 3.63) is 58.2 Å². The van der Waals surface area contributed by atoms with E-state index in [-0.39, 0.29) is 5.91 Å². The van der Waals surface area contributed by atoms with E-state index < -0.39 is 0 Å². The molecule has 4 nitrogen and oxygen atoms in total. The van der Waals surface area contributed by atoms with Crippen LogP contribution in [0.2, 0.25) is 0 Å². The molecule has 1 aromatic heterocycles. The van der Waals surface area contributed by atoms with E-state index in [1.165, 1.54) is 0 Å². The van der Waals surface area contributed by atoms with Crippen molar-refractivity contribution in [2.45, 2.75) is 19.8 Å². The molecule has 1 aliphatic rings. The smallest absolute Gasteiger partial charge is 0.254 e. The number of carbonyl (C=O) groups excluding carboxylic acids is 1. The van der Waals surface area contributed by atoms with E-state index in [0.717, 1.165) is 63.8 Å². The molecule has 25 heavy (non-hydrogen) atoms. The summed E-state index contributed by atoms with van der Waals surface area (Å²) >= 11 is 3.53. The SMILES string of the molecule is Cc1cc(-c2cnc3cccc(Br)c3n2)ccc1C(=O)N1CCCC1. The van der Waals surface area contributed by atoms with E-state index in [2.05, 4.69) is 20.9 Å². The quantitative estimate of drug-likeness (QED) is 0.636. The molecular formula is C20H18BrN3O. The molecule has 126 valence electrons. The van der Waals surface area contributed by atoms with Crippen LogP contribution in [0.15, 0.2) is 47.1 Å². The van der Waals surface area contributed by atoms with E-state index in [9.17, 15) is 4.79 Å². The molecule has 2 aromatic carbocycles. The normalized spacial score (nSPS) is 14.2. The summed E-state index contributed by atoms with van der Waals surface area (Å²) in [6.45, 7) is 3.71. The highest BCUT2D eigenvalue weighted by molar-refractivity contribution is 9.10. The molecule has 1 saturated heterocycles. The summed E-state index contributed by atoms with van der Waals surface area (Å²) in [6, 6.07) is 11.8. The van der Waals surface area contributed by atoms with Crippen molar-refractivity contribution in [2.24, 2.45) is 0 Å². The zero-order valence-electron chi connectivity index (χ0n) is 14.0. The molecule has 0 aliphatic carbocycles. The minimum Gasteiger partial charge on any atom is -0.339 e. The lowest BCUT2D eigenvalue weighted by atomic mass is 10.0. The number of carbonyl (C=O) groups is 1. The van der Waals surface area contributed by atoms with Gasteiger partial charge in [0.05, 0.1) is 17.4 Å². The van der Waals surface area contributed by atoms with Crippen molar-refractivity contribution in [1.29, 1.82) is 0 Å². The Labute approximate surface area is 155 Å². The fourth-order valence-electron chi connectivity index (χ4n) is 3.29. The van der Waals surface area contributed by atoms with Crippen LogP contribution in [0.4, 0.5) is 0 Å². The molecule has 1 fully saturated rings. The Bertz CT molecular complexity index is 964. The lowest BCUT2D eigenvalue weighted by molar-refractivity contribution is 0.0792. The number of hydrogen-bond acceptors (Lipinski definition) is 3. The predicted molar refractivity (Wildman–Crippen MR) is 103 cm³/mol. The molecule has 0 radical (unpaired) electrons. The molecule has 1 aliphatic heterocycles. The first kappa shape index (κ1) is 16.2. The Kier molecular flexibility index (Phi) is 4.25. The molecule has 0 saturated carbocycles. The highest BCUT2D eigenvalue weighted by atomic mass is 79.9. The largest absolute Gasteiger partial charge is 0.339 e. The minimum atomic E-state index is 0.133. The molecule has 3 aromatic rings. The first-order chi connectivity index (χ1) is 12.1. The summed E-state index contributed by atoms with van der Waals surface area (Å²) < 4.78 is 0.928. The number of para-hydroxylation sites is 1. The van der Waals surface area contributed by atoms with Gasteiger partial charge in [-0.05, 0) is 65.5 Å². The van der Waals surface area contributed by atoms with Gasteiger partial charge in [0, 0.05) is 28.7 Å². The van der Waals surface area contributed by atoms with Crippen molar-refractivity contribution >= 4 is 32.9 Å². The molecule has 0 unspecified atom stereocenters. The molecule has 0 atom stereocenters. The molecule has 0 N–H and O–H groups in total. The number of amides is 1. The van der Waals surface area contributed by atoms with Gasteiger partial charge in [0.1, 0.15) is 5.52 Å². The van der Waals surface area contributed by atoms with Gasteiger partial charge in [-0.2, -0.15) is 0 Å². The van der Waals surface area contributed by atoms with Crippen molar-refractivity contribution in [1.82, 2.24) is 14.9 Å². The average molecular weight is 396 g/mol. The highest BCUT2D eigenvalue weighted by Gasteiger charge is 2.21. The second kappa shape index (κ2) is 6.56. The first-order valence-corrected chi connectivity index (χ1v) is 9.24. The maximum absolute atomic E-state index is 12.6. The number of halogens is 1. The van der Waals surface area contributed by atoms with E-state index in [4.69, 9.17) is 4.98 Å². The van der Waals surface area contributed by atoms with Gasteiger partial charge in [-0.25, -0.2) is 4.98 Å². The van der Waals surface area contributed by atoms with Crippen LogP contribution in [0, 0.1) is 6.92 Å². The summed E-state index contributed by atoms with van der Waals surface area (Å²) in [5, 5.41) is 0. The number of aryl methyl sites for hydroxylation is 1. The van der Waals surface area contributed by atoms with Crippen molar-refractivity contribution in [2.75, 3.05) is 13.1 Å². The Morgan fingerprint density at radius 1 is 1.16 bits per heavy atom. The first-order valence-electron chi connectivity index (χ1n) is 8.45. The lowest BCUT2D eigenvalue weighted by Gasteiger charge is -2.17. The van der Waals surface area contributed by atoms with Gasteiger partial charge >= 0.3 is 0 Å². The van der Waals surface area contributed by atoms with E-state index >= 15 is 0 Å². The number of rotatable bonds is 2. The highest BCUT2D eigenvalue weighted by Crippen LogP contribution is 2.26. The van der Waals surface area contributed by atoms with Gasteiger partial charge in [-0.3, -0.25) is 9.78 Å². The van der Waals surface area contributed by atoms with Gasteiger partial charge < -0.3 is 4.90 Å². The number of benzene rings is 2. The number of aromatic nitrogens is 2. The number of nitrogens with zero attached hydrogens (tertiary/aromatic N) is 3. The summed E-state index contributed by atoms with van der Waals surface area (Å²) in [4.78, 5) is 23.8. The molecule has 4 rings (SSSR count). The Hall–Kier alpha value is -2.27. The fraction of sp³-hybridized carbons (Fsp3) is 0.250. The Morgan fingerprint density at radius 3 is 2.72 bits per heavy atom. The van der Waals surface area contributed by atoms with Crippen molar-refractivity contribution < 1.29 is 4.79 Å². The zero-order valence-corrected chi connectivity index (χ0v) is 15.6. The van der Waals surface area contributed by atoms with Crippen LogP contribution in [-0.4, -0.2) is 33.9 Å². The number of hydrogen-bond donors (Lipinski definition) is 0. The van der Waals surface area contributed by atoms with Crippen molar-refractivity contribution in [3.63, 3.8) is 0 Å². The molecular weight excluding hydrogens is 378 g/mol. The second-order valence-electron chi connectivity index (χ2n) is 6.39. The molecule has 0 spiro atoms. The van der Waals surface area contributed by atoms with Gasteiger partial charge in [-0.1, -0.05) is 12.1 Å². The van der Waals surface area contributed by atoms with Crippen LogP contribution in [0.1, 0.15) is 28.8 Å². The summed E-state index contributed by atoms with van der Waals surface area (Å²) in [6.07, 6.45) is 3.99. The molecule has 2 heterocycles. The predicted octanol–water partition coefficient (Wildman–Crippen LogP) is 4.60. The van der Waals surface area contributed by atoms with Crippen LogP contribution in [-0.2, 0) is 0 Å². The van der Waals surface area contributed by atoms with Gasteiger partial charge in [0.15, 0.2) is 0 Å².